The summed E-state index contributed by atoms with van der Waals surface area (Å²) in [5.74, 6) is 0.347. The molecule has 1 aliphatic carbocycles. The maximum Gasteiger partial charge on any atom is 0.272 e. The van der Waals surface area contributed by atoms with Gasteiger partial charge in [0.25, 0.3) is 5.91 Å². The van der Waals surface area contributed by atoms with Crippen LogP contribution in [0.15, 0.2) is 24.0 Å². The molecule has 1 amide bonds. The summed E-state index contributed by atoms with van der Waals surface area (Å²) in [4.78, 5) is 30.0. The van der Waals surface area contributed by atoms with Gasteiger partial charge in [0, 0.05) is 25.5 Å². The van der Waals surface area contributed by atoms with Crippen LogP contribution in [-0.2, 0) is 9.47 Å². The van der Waals surface area contributed by atoms with Crippen LogP contribution in [0.5, 0.6) is 0 Å². The summed E-state index contributed by atoms with van der Waals surface area (Å²) in [5.41, 5.74) is 3.48. The molecule has 1 fully saturated rings. The third-order valence-electron chi connectivity index (χ3n) is 4.92. The Morgan fingerprint density at radius 3 is 2.89 bits per heavy atom. The molecule has 28 heavy (non-hydrogen) atoms. The average Bonchev–Trinajstić information content (AvgIpc) is 3.40. The minimum Gasteiger partial charge on any atom is -0.382 e. The van der Waals surface area contributed by atoms with Gasteiger partial charge in [0.05, 0.1) is 40.7 Å². The molecule has 148 valence electrons. The molecule has 2 N–H and O–H groups in total. The first-order chi connectivity index (χ1) is 13.7. The Morgan fingerprint density at radius 2 is 2.14 bits per heavy atom. The number of carbonyl (C=O) groups excluding carboxylic acids is 1. The van der Waals surface area contributed by atoms with Crippen LogP contribution < -0.4 is 5.32 Å². The van der Waals surface area contributed by atoms with Gasteiger partial charge < -0.3 is 19.8 Å². The zero-order chi connectivity index (χ0) is 19.3. The molecule has 4 rings (SSSR count). The van der Waals surface area contributed by atoms with E-state index >= 15 is 0 Å². The Bertz CT molecular complexity index is 919. The molecule has 0 radical (unpaired) electrons. The van der Waals surface area contributed by atoms with E-state index in [2.05, 4.69) is 25.3 Å². The third kappa shape index (κ3) is 4.21. The van der Waals surface area contributed by atoms with Gasteiger partial charge >= 0.3 is 0 Å². The fraction of sp³-hybridized carbons (Fsp3) is 0.474. The van der Waals surface area contributed by atoms with Gasteiger partial charge in [-0.05, 0) is 31.7 Å². The van der Waals surface area contributed by atoms with Gasteiger partial charge in [-0.2, -0.15) is 0 Å². The second-order valence-corrected chi connectivity index (χ2v) is 7.70. The number of hydrogen-bond acceptors (Lipinski definition) is 7. The molecule has 0 bridgehead atoms. The van der Waals surface area contributed by atoms with Crippen molar-refractivity contribution in [2.75, 3.05) is 20.3 Å². The molecule has 8 nitrogen and oxygen atoms in total. The molecular formula is C19H23N5O3S. The molecule has 3 heterocycles. The minimum absolute atomic E-state index is 0.126. The van der Waals surface area contributed by atoms with E-state index in [0.29, 0.717) is 30.2 Å². The number of H-pyrrole nitrogens is 1. The van der Waals surface area contributed by atoms with Crippen LogP contribution in [0.3, 0.4) is 0 Å². The van der Waals surface area contributed by atoms with E-state index in [1.54, 1.807) is 25.0 Å². The maximum absolute atomic E-state index is 13.0. The first kappa shape index (κ1) is 19.0. The summed E-state index contributed by atoms with van der Waals surface area (Å²) in [7, 11) is 1.67. The highest BCUT2D eigenvalue weighted by atomic mass is 32.1. The number of fused-ring (bicyclic) bond motifs is 1. The molecular weight excluding hydrogens is 378 g/mol. The zero-order valence-corrected chi connectivity index (χ0v) is 16.5. The number of rotatable bonds is 7. The van der Waals surface area contributed by atoms with Crippen LogP contribution in [0.2, 0.25) is 0 Å². The summed E-state index contributed by atoms with van der Waals surface area (Å²) < 4.78 is 10.8. The molecule has 1 aliphatic rings. The van der Waals surface area contributed by atoms with Crippen molar-refractivity contribution in [2.45, 2.75) is 37.8 Å². The quantitative estimate of drug-likeness (QED) is 0.590. The molecule has 1 saturated carbocycles. The van der Waals surface area contributed by atoms with E-state index in [-0.39, 0.29) is 18.1 Å². The first-order valence-corrected chi connectivity index (χ1v) is 10.3. The molecule has 0 spiro atoms. The summed E-state index contributed by atoms with van der Waals surface area (Å²) >= 11 is 1.45. The van der Waals surface area contributed by atoms with Crippen molar-refractivity contribution in [2.24, 2.45) is 0 Å². The number of thiazole rings is 1. The van der Waals surface area contributed by atoms with Gasteiger partial charge in [0.1, 0.15) is 0 Å². The standard InChI is InChI=1S/C19H23N5O3S/c1-26-8-9-27-13-4-2-12(3-5-13)22-19(25)17-16-14(6-7-21-16)23-18(24-17)15-10-20-11-28-15/h6-7,10-13,21H,2-5,8-9H2,1H3,(H,22,25). The van der Waals surface area contributed by atoms with Crippen molar-refractivity contribution in [1.82, 2.24) is 25.3 Å². The molecule has 0 unspecified atom stereocenters. The van der Waals surface area contributed by atoms with Gasteiger partial charge in [0.15, 0.2) is 11.5 Å². The molecule has 3 aromatic rings. The van der Waals surface area contributed by atoms with E-state index < -0.39 is 0 Å². The van der Waals surface area contributed by atoms with Crippen LogP contribution >= 0.6 is 11.3 Å². The van der Waals surface area contributed by atoms with E-state index in [9.17, 15) is 4.79 Å². The van der Waals surface area contributed by atoms with Gasteiger partial charge in [-0.25, -0.2) is 9.97 Å². The highest BCUT2D eigenvalue weighted by Crippen LogP contribution is 2.25. The molecule has 0 aliphatic heterocycles. The third-order valence-corrected chi connectivity index (χ3v) is 5.69. The lowest BCUT2D eigenvalue weighted by molar-refractivity contribution is -0.00409. The zero-order valence-electron chi connectivity index (χ0n) is 15.7. The Hall–Kier alpha value is -2.36. The summed E-state index contributed by atoms with van der Waals surface area (Å²) in [6.45, 7) is 1.23. The second-order valence-electron chi connectivity index (χ2n) is 6.81. The Balaban J connectivity index is 1.44. The monoisotopic (exact) mass is 401 g/mol. The highest BCUT2D eigenvalue weighted by molar-refractivity contribution is 7.13. The highest BCUT2D eigenvalue weighted by Gasteiger charge is 2.25. The number of ether oxygens (including phenoxy) is 2. The van der Waals surface area contributed by atoms with Crippen molar-refractivity contribution in [1.29, 1.82) is 0 Å². The topological polar surface area (TPSA) is 102 Å². The Morgan fingerprint density at radius 1 is 1.29 bits per heavy atom. The van der Waals surface area contributed by atoms with Crippen LogP contribution in [0.4, 0.5) is 0 Å². The number of methoxy groups -OCH3 is 1. The average molecular weight is 401 g/mol. The molecule has 0 atom stereocenters. The maximum atomic E-state index is 13.0. The lowest BCUT2D eigenvalue weighted by Crippen LogP contribution is -2.39. The Kier molecular flexibility index (Phi) is 5.94. The lowest BCUT2D eigenvalue weighted by Gasteiger charge is -2.29. The van der Waals surface area contributed by atoms with E-state index in [4.69, 9.17) is 9.47 Å². The van der Waals surface area contributed by atoms with E-state index in [1.165, 1.54) is 11.3 Å². The van der Waals surface area contributed by atoms with E-state index in [1.807, 2.05) is 6.07 Å². The number of hydrogen-bond donors (Lipinski definition) is 2. The SMILES string of the molecule is COCCOC1CCC(NC(=O)c2nc(-c3cncs3)nc3cc[nH]c23)CC1. The predicted octanol–water partition coefficient (Wildman–Crippen LogP) is 2.79. The number of carbonyl (C=O) groups is 1. The lowest BCUT2D eigenvalue weighted by atomic mass is 9.93. The van der Waals surface area contributed by atoms with Crippen molar-refractivity contribution in [3.8, 4) is 10.7 Å². The van der Waals surface area contributed by atoms with E-state index in [0.717, 1.165) is 36.1 Å². The van der Waals surface area contributed by atoms with Gasteiger partial charge in [-0.1, -0.05) is 0 Å². The van der Waals surface area contributed by atoms with Crippen molar-refractivity contribution < 1.29 is 14.3 Å². The van der Waals surface area contributed by atoms with Gasteiger partial charge in [0.2, 0.25) is 0 Å². The van der Waals surface area contributed by atoms with Crippen LogP contribution in [0.25, 0.3) is 21.7 Å². The smallest absolute Gasteiger partial charge is 0.272 e. The fourth-order valence-corrected chi connectivity index (χ4v) is 4.03. The Labute approximate surface area is 166 Å². The number of amides is 1. The predicted molar refractivity (Wildman–Crippen MR) is 106 cm³/mol. The first-order valence-electron chi connectivity index (χ1n) is 9.40. The molecule has 0 aromatic carbocycles. The number of nitrogens with zero attached hydrogens (tertiary/aromatic N) is 3. The summed E-state index contributed by atoms with van der Waals surface area (Å²) in [6.07, 6.45) is 7.38. The van der Waals surface area contributed by atoms with Crippen molar-refractivity contribution >= 4 is 28.3 Å². The van der Waals surface area contributed by atoms with Crippen LogP contribution in [-0.4, -0.2) is 58.3 Å². The van der Waals surface area contributed by atoms with Crippen LogP contribution in [0.1, 0.15) is 36.2 Å². The molecule has 0 saturated heterocycles. The van der Waals surface area contributed by atoms with Crippen LogP contribution in [0, 0.1) is 0 Å². The molecule has 3 aromatic heterocycles. The number of aromatic amines is 1. The fourth-order valence-electron chi connectivity index (χ4n) is 3.47. The largest absolute Gasteiger partial charge is 0.382 e. The number of aromatic nitrogens is 4. The van der Waals surface area contributed by atoms with Crippen molar-refractivity contribution in [3.05, 3.63) is 29.7 Å². The van der Waals surface area contributed by atoms with Gasteiger partial charge in [-0.15, -0.1) is 11.3 Å². The number of nitrogens with one attached hydrogen (secondary N) is 2. The summed E-state index contributed by atoms with van der Waals surface area (Å²) in [6, 6.07) is 1.97. The molecule has 9 heteroatoms. The van der Waals surface area contributed by atoms with Gasteiger partial charge in [-0.3, -0.25) is 9.78 Å². The normalized spacial score (nSPS) is 19.8. The summed E-state index contributed by atoms with van der Waals surface area (Å²) in [5, 5.41) is 3.14. The minimum atomic E-state index is -0.177. The second kappa shape index (κ2) is 8.76. The van der Waals surface area contributed by atoms with Crippen molar-refractivity contribution in [3.63, 3.8) is 0 Å².